The number of carbonyl (C=O) groups is 1. The molecule has 2 heterocycles. The molecule has 0 amide bonds. The summed E-state index contributed by atoms with van der Waals surface area (Å²) in [4.78, 5) is 22.3. The van der Waals surface area contributed by atoms with Gasteiger partial charge in [0, 0.05) is 13.1 Å². The van der Waals surface area contributed by atoms with Gasteiger partial charge in [-0.1, -0.05) is 0 Å². The third kappa shape index (κ3) is 3.78. The molecule has 1 aromatic heterocycles. The van der Waals surface area contributed by atoms with Crippen molar-refractivity contribution in [3.05, 3.63) is 6.33 Å². The van der Waals surface area contributed by atoms with Gasteiger partial charge in [-0.15, -0.1) is 0 Å². The normalized spacial score (nSPS) is 18.4. The first-order valence-corrected chi connectivity index (χ1v) is 7.71. The van der Waals surface area contributed by atoms with Crippen molar-refractivity contribution in [3.63, 3.8) is 0 Å². The topological polar surface area (TPSA) is 90.6 Å². The van der Waals surface area contributed by atoms with Crippen LogP contribution in [0, 0.1) is 5.92 Å². The van der Waals surface area contributed by atoms with Crippen LogP contribution < -0.4 is 15.4 Å². The van der Waals surface area contributed by atoms with Crippen LogP contribution in [0.4, 0.5) is 11.5 Å². The first-order chi connectivity index (χ1) is 10.5. The summed E-state index contributed by atoms with van der Waals surface area (Å²) in [7, 11) is 0. The maximum atomic E-state index is 11.9. The summed E-state index contributed by atoms with van der Waals surface area (Å²) >= 11 is 0. The Hall–Kier alpha value is -2.05. The minimum atomic E-state index is -0.154. The summed E-state index contributed by atoms with van der Waals surface area (Å²) < 4.78 is 10.7. The van der Waals surface area contributed by atoms with Crippen LogP contribution in [-0.4, -0.2) is 41.7 Å². The molecule has 7 heteroatoms. The van der Waals surface area contributed by atoms with E-state index in [1.165, 1.54) is 6.33 Å². The van der Waals surface area contributed by atoms with Crippen molar-refractivity contribution in [2.75, 3.05) is 30.3 Å². The molecule has 0 radical (unpaired) electrons. The second-order valence-electron chi connectivity index (χ2n) is 5.62. The van der Waals surface area contributed by atoms with E-state index in [0.717, 1.165) is 19.4 Å². The molecule has 0 saturated carbocycles. The first-order valence-electron chi connectivity index (χ1n) is 7.71. The Bertz CT molecular complexity index is 522. The van der Waals surface area contributed by atoms with E-state index in [2.05, 4.69) is 9.97 Å². The van der Waals surface area contributed by atoms with Crippen molar-refractivity contribution in [1.82, 2.24) is 9.97 Å². The second-order valence-corrected chi connectivity index (χ2v) is 5.62. The Morgan fingerprint density at radius 1 is 1.50 bits per heavy atom. The van der Waals surface area contributed by atoms with E-state index in [4.69, 9.17) is 15.2 Å². The lowest BCUT2D eigenvalue weighted by molar-refractivity contribution is -0.148. The van der Waals surface area contributed by atoms with E-state index in [1.807, 2.05) is 25.7 Å². The molecule has 1 saturated heterocycles. The van der Waals surface area contributed by atoms with Crippen LogP contribution in [-0.2, 0) is 9.53 Å². The Balaban J connectivity index is 2.15. The van der Waals surface area contributed by atoms with Gasteiger partial charge in [-0.3, -0.25) is 4.79 Å². The molecule has 1 aromatic rings. The molecule has 0 aliphatic carbocycles. The highest BCUT2D eigenvalue weighted by atomic mass is 16.5. The third-order valence-electron chi connectivity index (χ3n) is 3.51. The van der Waals surface area contributed by atoms with Crippen molar-refractivity contribution in [1.29, 1.82) is 0 Å². The number of piperidine rings is 1. The number of nitrogens with two attached hydrogens (primary N) is 1. The van der Waals surface area contributed by atoms with Crippen molar-refractivity contribution in [2.45, 2.75) is 39.7 Å². The zero-order valence-corrected chi connectivity index (χ0v) is 13.4. The van der Waals surface area contributed by atoms with E-state index in [-0.39, 0.29) is 18.0 Å². The molecule has 1 fully saturated rings. The smallest absolute Gasteiger partial charge is 0.310 e. The SMILES string of the molecule is CCOC(=O)C1CCCN(c2ncnc(OC(C)C)c2N)C1. The standard InChI is InChI=1S/C15H24N4O3/c1-4-21-15(20)11-6-5-7-19(8-11)13-12(16)14(18-9-17-13)22-10(2)3/h9-11H,4-8,16H2,1-3H3. The predicted octanol–water partition coefficient (Wildman–Crippen LogP) is 1.63. The van der Waals surface area contributed by atoms with Crippen LogP contribution in [0.2, 0.25) is 0 Å². The number of carbonyl (C=O) groups excluding carboxylic acids is 1. The Labute approximate surface area is 130 Å². The Morgan fingerprint density at radius 3 is 2.95 bits per heavy atom. The molecule has 0 bridgehead atoms. The van der Waals surface area contributed by atoms with Gasteiger partial charge < -0.3 is 20.1 Å². The number of aromatic nitrogens is 2. The fourth-order valence-corrected chi connectivity index (χ4v) is 2.56. The number of hydrogen-bond donors (Lipinski definition) is 1. The lowest BCUT2D eigenvalue weighted by atomic mass is 9.98. The van der Waals surface area contributed by atoms with E-state index < -0.39 is 0 Å². The summed E-state index contributed by atoms with van der Waals surface area (Å²) in [5.74, 6) is 0.717. The number of ether oxygens (including phenoxy) is 2. The summed E-state index contributed by atoms with van der Waals surface area (Å²) in [5, 5.41) is 0. The third-order valence-corrected chi connectivity index (χ3v) is 3.51. The fourth-order valence-electron chi connectivity index (χ4n) is 2.56. The monoisotopic (exact) mass is 308 g/mol. The van der Waals surface area contributed by atoms with Gasteiger partial charge in [-0.25, -0.2) is 4.98 Å². The number of nitrogen functional groups attached to an aromatic ring is 1. The lowest BCUT2D eigenvalue weighted by Crippen LogP contribution is -2.40. The average Bonchev–Trinajstić information content (AvgIpc) is 2.49. The van der Waals surface area contributed by atoms with Gasteiger partial charge in [0.05, 0.1) is 18.6 Å². The summed E-state index contributed by atoms with van der Waals surface area (Å²) in [6.45, 7) is 7.41. The van der Waals surface area contributed by atoms with E-state index in [1.54, 1.807) is 0 Å². The Kier molecular flexibility index (Phi) is 5.41. The Morgan fingerprint density at radius 2 is 2.27 bits per heavy atom. The highest BCUT2D eigenvalue weighted by Gasteiger charge is 2.29. The molecular formula is C15H24N4O3. The number of esters is 1. The molecule has 1 aliphatic rings. The quantitative estimate of drug-likeness (QED) is 0.827. The molecule has 1 unspecified atom stereocenters. The molecule has 2 rings (SSSR count). The van der Waals surface area contributed by atoms with Crippen molar-refractivity contribution in [2.24, 2.45) is 5.92 Å². The van der Waals surface area contributed by atoms with Crippen LogP contribution in [0.3, 0.4) is 0 Å². The highest BCUT2D eigenvalue weighted by Crippen LogP contribution is 2.31. The number of anilines is 2. The summed E-state index contributed by atoms with van der Waals surface area (Å²) in [5.41, 5.74) is 6.55. The van der Waals surface area contributed by atoms with E-state index in [9.17, 15) is 4.79 Å². The second kappa shape index (κ2) is 7.29. The van der Waals surface area contributed by atoms with Crippen LogP contribution >= 0.6 is 0 Å². The highest BCUT2D eigenvalue weighted by molar-refractivity contribution is 5.75. The minimum absolute atomic E-state index is 0.0151. The average molecular weight is 308 g/mol. The zero-order valence-electron chi connectivity index (χ0n) is 13.4. The molecule has 2 N–H and O–H groups in total. The molecule has 0 aromatic carbocycles. The number of rotatable bonds is 5. The van der Waals surface area contributed by atoms with Gasteiger partial charge in [-0.2, -0.15) is 4.98 Å². The molecular weight excluding hydrogens is 284 g/mol. The van der Waals surface area contributed by atoms with E-state index in [0.29, 0.717) is 30.5 Å². The summed E-state index contributed by atoms with van der Waals surface area (Å²) in [6.07, 6.45) is 3.15. The molecule has 0 spiro atoms. The molecule has 1 atom stereocenters. The zero-order chi connectivity index (χ0) is 16.1. The number of nitrogens with zero attached hydrogens (tertiary/aromatic N) is 3. The predicted molar refractivity (Wildman–Crippen MR) is 83.8 cm³/mol. The van der Waals surface area contributed by atoms with Crippen molar-refractivity contribution in [3.8, 4) is 5.88 Å². The maximum absolute atomic E-state index is 11.9. The largest absolute Gasteiger partial charge is 0.473 e. The fraction of sp³-hybridized carbons (Fsp3) is 0.667. The van der Waals surface area contributed by atoms with E-state index >= 15 is 0 Å². The van der Waals surface area contributed by atoms with Crippen LogP contribution in [0.15, 0.2) is 6.33 Å². The van der Waals surface area contributed by atoms with Crippen LogP contribution in [0.25, 0.3) is 0 Å². The lowest BCUT2D eigenvalue weighted by Gasteiger charge is -2.33. The van der Waals surface area contributed by atoms with Gasteiger partial charge in [0.2, 0.25) is 5.88 Å². The summed E-state index contributed by atoms with van der Waals surface area (Å²) in [6, 6.07) is 0. The van der Waals surface area contributed by atoms with Crippen LogP contribution in [0.1, 0.15) is 33.6 Å². The number of hydrogen-bond acceptors (Lipinski definition) is 7. The minimum Gasteiger partial charge on any atom is -0.473 e. The van der Waals surface area contributed by atoms with Gasteiger partial charge >= 0.3 is 5.97 Å². The van der Waals surface area contributed by atoms with Gasteiger partial charge in [0.15, 0.2) is 5.82 Å². The molecule has 122 valence electrons. The molecule has 7 nitrogen and oxygen atoms in total. The van der Waals surface area contributed by atoms with Gasteiger partial charge in [-0.05, 0) is 33.6 Å². The van der Waals surface area contributed by atoms with Crippen molar-refractivity contribution < 1.29 is 14.3 Å². The van der Waals surface area contributed by atoms with Gasteiger partial charge in [0.1, 0.15) is 12.0 Å². The molecule has 22 heavy (non-hydrogen) atoms. The maximum Gasteiger partial charge on any atom is 0.310 e. The van der Waals surface area contributed by atoms with Crippen molar-refractivity contribution >= 4 is 17.5 Å². The van der Waals surface area contributed by atoms with Crippen LogP contribution in [0.5, 0.6) is 5.88 Å². The first kappa shape index (κ1) is 16.3. The van der Waals surface area contributed by atoms with Gasteiger partial charge in [0.25, 0.3) is 0 Å². The molecule has 1 aliphatic heterocycles.